The predicted molar refractivity (Wildman–Crippen MR) is 110 cm³/mol. The molecular formula is C20H12ClF3N4O2S. The van der Waals surface area contributed by atoms with Crippen LogP contribution in [0.4, 0.5) is 13.2 Å². The number of hydrogen-bond acceptors (Lipinski definition) is 6. The second kappa shape index (κ2) is 8.56. The molecule has 0 saturated heterocycles. The highest BCUT2D eigenvalue weighted by atomic mass is 35.5. The lowest BCUT2D eigenvalue weighted by Gasteiger charge is -2.07. The van der Waals surface area contributed by atoms with Crippen LogP contribution in [0.1, 0.15) is 5.56 Å². The lowest BCUT2D eigenvalue weighted by Crippen LogP contribution is -2.19. The molecule has 6 nitrogen and oxygen atoms in total. The van der Waals surface area contributed by atoms with Gasteiger partial charge in [0.05, 0.1) is 12.1 Å². The third-order valence-electron chi connectivity index (χ3n) is 4.15. The average Bonchev–Trinajstić information content (AvgIpc) is 3.19. The summed E-state index contributed by atoms with van der Waals surface area (Å²) in [6.07, 6.45) is 3.13. The molecule has 31 heavy (non-hydrogen) atoms. The van der Waals surface area contributed by atoms with Crippen molar-refractivity contribution in [2.45, 2.75) is 16.9 Å². The van der Waals surface area contributed by atoms with E-state index in [1.807, 2.05) is 0 Å². The molecule has 0 radical (unpaired) electrons. The SMILES string of the molecule is O=c1ccc(-c2nc(-c3ccc(SC(F)(F)F)cc3)no2)cn1Cc1ccnc(Cl)c1. The van der Waals surface area contributed by atoms with Crippen molar-refractivity contribution >= 4 is 23.4 Å². The van der Waals surface area contributed by atoms with Gasteiger partial charge in [-0.1, -0.05) is 16.8 Å². The molecule has 0 fully saturated rings. The normalized spacial score (nSPS) is 11.6. The molecule has 11 heteroatoms. The summed E-state index contributed by atoms with van der Waals surface area (Å²) in [5.74, 6) is 0.391. The van der Waals surface area contributed by atoms with Crippen LogP contribution in [0.5, 0.6) is 0 Å². The summed E-state index contributed by atoms with van der Waals surface area (Å²) in [7, 11) is 0. The average molecular weight is 465 g/mol. The monoisotopic (exact) mass is 464 g/mol. The largest absolute Gasteiger partial charge is 0.446 e. The minimum atomic E-state index is -4.36. The van der Waals surface area contributed by atoms with Crippen molar-refractivity contribution in [2.75, 3.05) is 0 Å². The Labute approximate surface area is 182 Å². The number of hydrogen-bond donors (Lipinski definition) is 0. The fraction of sp³-hybridized carbons (Fsp3) is 0.100. The van der Waals surface area contributed by atoms with Crippen LogP contribution in [0.3, 0.4) is 0 Å². The van der Waals surface area contributed by atoms with Gasteiger partial charge < -0.3 is 9.09 Å². The van der Waals surface area contributed by atoms with E-state index in [9.17, 15) is 18.0 Å². The molecule has 3 heterocycles. The van der Waals surface area contributed by atoms with Crippen molar-refractivity contribution in [2.24, 2.45) is 0 Å². The zero-order valence-electron chi connectivity index (χ0n) is 15.5. The first kappa shape index (κ1) is 21.1. The van der Waals surface area contributed by atoms with Gasteiger partial charge in [0.2, 0.25) is 5.82 Å². The molecule has 0 saturated carbocycles. The van der Waals surface area contributed by atoms with E-state index >= 15 is 0 Å². The van der Waals surface area contributed by atoms with Crippen molar-refractivity contribution in [3.63, 3.8) is 0 Å². The smallest absolute Gasteiger partial charge is 0.334 e. The topological polar surface area (TPSA) is 73.8 Å². The van der Waals surface area contributed by atoms with Crippen LogP contribution >= 0.6 is 23.4 Å². The number of nitrogens with zero attached hydrogens (tertiary/aromatic N) is 4. The highest BCUT2D eigenvalue weighted by molar-refractivity contribution is 8.00. The minimum Gasteiger partial charge on any atom is -0.334 e. The number of benzene rings is 1. The fourth-order valence-corrected chi connectivity index (χ4v) is 3.52. The molecule has 0 aliphatic rings. The number of thioether (sulfide) groups is 1. The van der Waals surface area contributed by atoms with Gasteiger partial charge in [-0.15, -0.1) is 0 Å². The summed E-state index contributed by atoms with van der Waals surface area (Å²) >= 11 is 5.69. The maximum Gasteiger partial charge on any atom is 0.446 e. The quantitative estimate of drug-likeness (QED) is 0.296. The second-order valence-electron chi connectivity index (χ2n) is 6.37. The molecule has 0 amide bonds. The summed E-state index contributed by atoms with van der Waals surface area (Å²) in [6, 6.07) is 12.0. The van der Waals surface area contributed by atoms with Crippen LogP contribution in [0, 0.1) is 0 Å². The molecule has 1 aromatic carbocycles. The van der Waals surface area contributed by atoms with Gasteiger partial charge in [0.15, 0.2) is 0 Å². The molecule has 0 spiro atoms. The molecule has 4 rings (SSSR count). The molecule has 0 N–H and O–H groups in total. The first-order chi connectivity index (χ1) is 14.8. The molecule has 4 aromatic rings. The second-order valence-corrected chi connectivity index (χ2v) is 7.89. The number of halogens is 4. The summed E-state index contributed by atoms with van der Waals surface area (Å²) in [5, 5.41) is 4.21. The Bertz CT molecular complexity index is 1270. The lowest BCUT2D eigenvalue weighted by molar-refractivity contribution is -0.0328. The van der Waals surface area contributed by atoms with E-state index in [0.717, 1.165) is 5.56 Å². The van der Waals surface area contributed by atoms with E-state index in [4.69, 9.17) is 16.1 Å². The molecule has 0 atom stereocenters. The zero-order chi connectivity index (χ0) is 22.0. The van der Waals surface area contributed by atoms with Crippen molar-refractivity contribution in [3.05, 3.63) is 82.0 Å². The molecular weight excluding hydrogens is 453 g/mol. The third-order valence-corrected chi connectivity index (χ3v) is 5.09. The Morgan fingerprint density at radius 2 is 1.81 bits per heavy atom. The standard InChI is InChI=1S/C20H12ClF3N4O2S/c21-16-9-12(7-8-25-16)10-28-11-14(3-6-17(28)29)19-26-18(27-30-19)13-1-4-15(5-2-13)31-20(22,23)24/h1-9,11H,10H2. The van der Waals surface area contributed by atoms with Gasteiger partial charge in [-0.2, -0.15) is 18.2 Å². The van der Waals surface area contributed by atoms with Crippen LogP contribution in [0.25, 0.3) is 22.8 Å². The zero-order valence-corrected chi connectivity index (χ0v) is 17.1. The molecule has 3 aromatic heterocycles. The Morgan fingerprint density at radius 3 is 2.52 bits per heavy atom. The first-order valence-electron chi connectivity index (χ1n) is 8.78. The molecule has 158 valence electrons. The van der Waals surface area contributed by atoms with Gasteiger partial charge >= 0.3 is 5.51 Å². The van der Waals surface area contributed by atoms with Crippen molar-refractivity contribution in [1.82, 2.24) is 19.7 Å². The van der Waals surface area contributed by atoms with E-state index in [1.165, 1.54) is 34.9 Å². The highest BCUT2D eigenvalue weighted by Gasteiger charge is 2.29. The lowest BCUT2D eigenvalue weighted by atomic mass is 10.2. The number of aromatic nitrogens is 4. The third kappa shape index (κ3) is 5.33. The fourth-order valence-electron chi connectivity index (χ4n) is 2.78. The van der Waals surface area contributed by atoms with Crippen LogP contribution in [-0.4, -0.2) is 25.2 Å². The highest BCUT2D eigenvalue weighted by Crippen LogP contribution is 2.37. The van der Waals surface area contributed by atoms with E-state index in [2.05, 4.69) is 15.1 Å². The van der Waals surface area contributed by atoms with Crippen LogP contribution in [0.15, 0.2) is 75.1 Å². The number of rotatable bonds is 5. The molecule has 0 bridgehead atoms. The van der Waals surface area contributed by atoms with Gasteiger partial charge in [-0.3, -0.25) is 4.79 Å². The first-order valence-corrected chi connectivity index (χ1v) is 9.97. The van der Waals surface area contributed by atoms with Gasteiger partial charge in [-0.05, 0) is 59.8 Å². The van der Waals surface area contributed by atoms with Gasteiger partial charge in [0.25, 0.3) is 11.4 Å². The van der Waals surface area contributed by atoms with Crippen molar-refractivity contribution in [1.29, 1.82) is 0 Å². The molecule has 0 aliphatic heterocycles. The summed E-state index contributed by atoms with van der Waals surface area (Å²) in [5.41, 5.74) is -2.77. The maximum absolute atomic E-state index is 12.5. The Kier molecular flexibility index (Phi) is 5.84. The predicted octanol–water partition coefficient (Wildman–Crippen LogP) is 5.27. The number of pyridine rings is 2. The van der Waals surface area contributed by atoms with Gasteiger partial charge in [0.1, 0.15) is 5.15 Å². The van der Waals surface area contributed by atoms with Crippen LogP contribution < -0.4 is 5.56 Å². The summed E-state index contributed by atoms with van der Waals surface area (Å²) in [4.78, 5) is 20.5. The van der Waals surface area contributed by atoms with E-state index in [0.29, 0.717) is 16.3 Å². The van der Waals surface area contributed by atoms with Crippen LogP contribution in [-0.2, 0) is 6.54 Å². The minimum absolute atomic E-state index is 0.0586. The van der Waals surface area contributed by atoms with E-state index < -0.39 is 5.51 Å². The Hall–Kier alpha value is -3.11. The van der Waals surface area contributed by atoms with Gasteiger partial charge in [-0.25, -0.2) is 4.98 Å². The summed E-state index contributed by atoms with van der Waals surface area (Å²) in [6.45, 7) is 0.272. The van der Waals surface area contributed by atoms with Crippen molar-refractivity contribution in [3.8, 4) is 22.8 Å². The Balaban J connectivity index is 1.57. The molecule has 0 aliphatic carbocycles. The van der Waals surface area contributed by atoms with E-state index in [-0.39, 0.29) is 40.5 Å². The number of alkyl halides is 3. The van der Waals surface area contributed by atoms with E-state index in [1.54, 1.807) is 30.6 Å². The Morgan fingerprint density at radius 1 is 1.06 bits per heavy atom. The molecule has 0 unspecified atom stereocenters. The summed E-state index contributed by atoms with van der Waals surface area (Å²) < 4.78 is 44.1. The van der Waals surface area contributed by atoms with Crippen molar-refractivity contribution < 1.29 is 17.7 Å². The van der Waals surface area contributed by atoms with Gasteiger partial charge in [0, 0.05) is 28.9 Å². The maximum atomic E-state index is 12.5. The van der Waals surface area contributed by atoms with Crippen LogP contribution in [0.2, 0.25) is 5.15 Å².